The molecule has 6 nitrogen and oxygen atoms in total. The van der Waals surface area contributed by atoms with E-state index in [1.807, 2.05) is 25.1 Å². The van der Waals surface area contributed by atoms with Gasteiger partial charge in [-0.15, -0.1) is 0 Å². The van der Waals surface area contributed by atoms with E-state index >= 15 is 0 Å². The van der Waals surface area contributed by atoms with Crippen LogP contribution >= 0.6 is 0 Å². The predicted molar refractivity (Wildman–Crippen MR) is 73.6 cm³/mol. The second-order valence-electron chi connectivity index (χ2n) is 4.51. The molecule has 3 aromatic heterocycles. The van der Waals surface area contributed by atoms with Crippen molar-refractivity contribution >= 4 is 11.2 Å². The van der Waals surface area contributed by atoms with E-state index in [9.17, 15) is 4.79 Å². The Balaban J connectivity index is 2.37. The van der Waals surface area contributed by atoms with Crippen LogP contribution in [0.2, 0.25) is 0 Å². The number of imidazole rings is 1. The number of nitrogens with zero attached hydrogens (tertiary/aromatic N) is 5. The second kappa shape index (κ2) is 4.31. The quantitative estimate of drug-likeness (QED) is 0.664. The lowest BCUT2D eigenvalue weighted by Gasteiger charge is -2.02. The molecule has 0 spiro atoms. The third-order valence-electron chi connectivity index (χ3n) is 3.18. The van der Waals surface area contributed by atoms with E-state index < -0.39 is 0 Å². The van der Waals surface area contributed by atoms with Gasteiger partial charge in [0.2, 0.25) is 0 Å². The Morgan fingerprint density at radius 1 is 1.25 bits per heavy atom. The number of hydrogen-bond acceptors (Lipinski definition) is 4. The highest BCUT2D eigenvalue weighted by Crippen LogP contribution is 2.15. The summed E-state index contributed by atoms with van der Waals surface area (Å²) in [6.07, 6.45) is 3.09. The van der Waals surface area contributed by atoms with Gasteiger partial charge in [-0.05, 0) is 25.1 Å². The van der Waals surface area contributed by atoms with Crippen LogP contribution in [0, 0.1) is 18.3 Å². The molecule has 3 aromatic rings. The SMILES string of the molecule is Cc1ccc(-n2c(=O)n(C)c3cc(C#N)cnc32)cn1. The Bertz CT molecular complexity index is 896. The van der Waals surface area contributed by atoms with E-state index in [0.29, 0.717) is 22.4 Å². The fourth-order valence-electron chi connectivity index (χ4n) is 2.09. The van der Waals surface area contributed by atoms with Crippen molar-refractivity contribution in [3.8, 4) is 11.8 Å². The zero-order valence-electron chi connectivity index (χ0n) is 11.0. The van der Waals surface area contributed by atoms with Crippen LogP contribution in [0.5, 0.6) is 0 Å². The van der Waals surface area contributed by atoms with Crippen LogP contribution in [0.4, 0.5) is 0 Å². The standard InChI is InChI=1S/C14H11N5O/c1-9-3-4-11(8-16-9)19-13-12(18(2)14(19)20)5-10(6-15)7-17-13/h3-5,7-8H,1-2H3. The van der Waals surface area contributed by atoms with Crippen LogP contribution < -0.4 is 5.69 Å². The number of rotatable bonds is 1. The Hall–Kier alpha value is -2.94. The molecule has 20 heavy (non-hydrogen) atoms. The Labute approximate surface area is 114 Å². The molecule has 0 unspecified atom stereocenters. The molecular weight excluding hydrogens is 254 g/mol. The highest BCUT2D eigenvalue weighted by molar-refractivity contribution is 5.75. The number of hydrogen-bond donors (Lipinski definition) is 0. The number of pyridine rings is 2. The Morgan fingerprint density at radius 3 is 2.70 bits per heavy atom. The van der Waals surface area contributed by atoms with Gasteiger partial charge < -0.3 is 0 Å². The topological polar surface area (TPSA) is 76.5 Å². The molecule has 0 aliphatic heterocycles. The van der Waals surface area contributed by atoms with Crippen molar-refractivity contribution in [3.05, 3.63) is 52.3 Å². The maximum atomic E-state index is 12.3. The van der Waals surface area contributed by atoms with Crippen molar-refractivity contribution < 1.29 is 0 Å². The minimum Gasteiger partial charge on any atom is -0.293 e. The molecule has 0 atom stereocenters. The molecule has 98 valence electrons. The van der Waals surface area contributed by atoms with E-state index in [1.165, 1.54) is 15.3 Å². The molecule has 3 rings (SSSR count). The van der Waals surface area contributed by atoms with Crippen molar-refractivity contribution in [1.29, 1.82) is 5.26 Å². The van der Waals surface area contributed by atoms with Crippen LogP contribution in [0.15, 0.2) is 35.4 Å². The largest absolute Gasteiger partial charge is 0.334 e. The average molecular weight is 265 g/mol. The van der Waals surface area contributed by atoms with E-state index in [-0.39, 0.29) is 5.69 Å². The van der Waals surface area contributed by atoms with Gasteiger partial charge in [-0.1, -0.05) is 0 Å². The Kier molecular flexibility index (Phi) is 2.61. The van der Waals surface area contributed by atoms with Crippen LogP contribution in [0.3, 0.4) is 0 Å². The summed E-state index contributed by atoms with van der Waals surface area (Å²) in [6.45, 7) is 1.88. The molecule has 0 radical (unpaired) electrons. The monoisotopic (exact) mass is 265 g/mol. The number of nitriles is 1. The van der Waals surface area contributed by atoms with E-state index in [2.05, 4.69) is 9.97 Å². The molecule has 3 heterocycles. The third kappa shape index (κ3) is 1.68. The molecule has 0 aromatic carbocycles. The lowest BCUT2D eigenvalue weighted by Crippen LogP contribution is -2.21. The fourth-order valence-corrected chi connectivity index (χ4v) is 2.09. The minimum atomic E-state index is -0.215. The number of aromatic nitrogens is 4. The molecule has 0 bridgehead atoms. The molecule has 0 fully saturated rings. The number of aryl methyl sites for hydroxylation is 2. The van der Waals surface area contributed by atoms with Gasteiger partial charge in [0.1, 0.15) is 6.07 Å². The summed E-state index contributed by atoms with van der Waals surface area (Å²) in [5, 5.41) is 8.92. The normalized spacial score (nSPS) is 10.7. The van der Waals surface area contributed by atoms with Gasteiger partial charge >= 0.3 is 5.69 Å². The van der Waals surface area contributed by atoms with Crippen LogP contribution in [0.25, 0.3) is 16.9 Å². The van der Waals surface area contributed by atoms with Gasteiger partial charge in [0.25, 0.3) is 0 Å². The number of fused-ring (bicyclic) bond motifs is 1. The summed E-state index contributed by atoms with van der Waals surface area (Å²) in [4.78, 5) is 20.8. The predicted octanol–water partition coefficient (Wildman–Crippen LogP) is 1.30. The summed E-state index contributed by atoms with van der Waals surface area (Å²) >= 11 is 0. The van der Waals surface area contributed by atoms with Gasteiger partial charge in [0.15, 0.2) is 5.65 Å². The summed E-state index contributed by atoms with van der Waals surface area (Å²) in [5.41, 5.74) is 2.88. The minimum absolute atomic E-state index is 0.215. The first kappa shape index (κ1) is 12.1. The van der Waals surface area contributed by atoms with Gasteiger partial charge in [0, 0.05) is 18.9 Å². The lowest BCUT2D eigenvalue weighted by molar-refractivity contribution is 0.842. The highest BCUT2D eigenvalue weighted by Gasteiger charge is 2.14. The zero-order chi connectivity index (χ0) is 14.3. The van der Waals surface area contributed by atoms with Gasteiger partial charge in [-0.2, -0.15) is 5.26 Å². The smallest absolute Gasteiger partial charge is 0.293 e. The zero-order valence-corrected chi connectivity index (χ0v) is 11.0. The molecule has 0 saturated carbocycles. The van der Waals surface area contributed by atoms with Gasteiger partial charge in [-0.3, -0.25) is 9.55 Å². The molecule has 0 amide bonds. The third-order valence-corrected chi connectivity index (χ3v) is 3.18. The van der Waals surface area contributed by atoms with Crippen LogP contribution in [0.1, 0.15) is 11.3 Å². The fraction of sp³-hybridized carbons (Fsp3) is 0.143. The maximum Gasteiger partial charge on any atom is 0.334 e. The second-order valence-corrected chi connectivity index (χ2v) is 4.51. The summed E-state index contributed by atoms with van der Waals surface area (Å²) in [7, 11) is 1.66. The maximum absolute atomic E-state index is 12.3. The van der Waals surface area contributed by atoms with Crippen LogP contribution in [-0.2, 0) is 7.05 Å². The van der Waals surface area contributed by atoms with Crippen molar-refractivity contribution in [2.45, 2.75) is 6.92 Å². The van der Waals surface area contributed by atoms with Crippen LogP contribution in [-0.4, -0.2) is 19.1 Å². The summed E-state index contributed by atoms with van der Waals surface area (Å²) in [5.74, 6) is 0. The molecule has 0 saturated heterocycles. The van der Waals surface area contributed by atoms with Gasteiger partial charge in [-0.25, -0.2) is 14.3 Å². The average Bonchev–Trinajstić information content (AvgIpc) is 2.72. The molecular formula is C14H11N5O. The first-order valence-corrected chi connectivity index (χ1v) is 6.02. The first-order chi connectivity index (χ1) is 9.61. The first-order valence-electron chi connectivity index (χ1n) is 6.02. The van der Waals surface area contributed by atoms with E-state index in [0.717, 1.165) is 5.69 Å². The summed E-state index contributed by atoms with van der Waals surface area (Å²) < 4.78 is 2.96. The van der Waals surface area contributed by atoms with Crippen molar-refractivity contribution in [3.63, 3.8) is 0 Å². The van der Waals surface area contributed by atoms with Crippen molar-refractivity contribution in [2.75, 3.05) is 0 Å². The van der Waals surface area contributed by atoms with Gasteiger partial charge in [0.05, 0.1) is 23.0 Å². The summed E-state index contributed by atoms with van der Waals surface area (Å²) in [6, 6.07) is 7.34. The molecule has 6 heteroatoms. The van der Waals surface area contributed by atoms with E-state index in [1.54, 1.807) is 19.3 Å². The Morgan fingerprint density at radius 2 is 2.05 bits per heavy atom. The molecule has 0 aliphatic rings. The lowest BCUT2D eigenvalue weighted by atomic mass is 10.3. The highest BCUT2D eigenvalue weighted by atomic mass is 16.1. The van der Waals surface area contributed by atoms with Crippen molar-refractivity contribution in [2.24, 2.45) is 7.05 Å². The molecule has 0 aliphatic carbocycles. The molecule has 0 N–H and O–H groups in total. The van der Waals surface area contributed by atoms with Crippen molar-refractivity contribution in [1.82, 2.24) is 19.1 Å². The van der Waals surface area contributed by atoms with E-state index in [4.69, 9.17) is 5.26 Å².